The van der Waals surface area contributed by atoms with Crippen molar-refractivity contribution in [2.45, 2.75) is 24.3 Å². The molecule has 130 valence electrons. The number of hydrogen-bond acceptors (Lipinski definition) is 4. The molecule has 1 amide bonds. The summed E-state index contributed by atoms with van der Waals surface area (Å²) in [5.41, 5.74) is 6.80. The Morgan fingerprint density at radius 2 is 2.00 bits per heavy atom. The van der Waals surface area contributed by atoms with Crippen LogP contribution in [-0.4, -0.2) is 45.4 Å². The Kier molecular flexibility index (Phi) is 8.29. The molecule has 1 atom stereocenters. The molecule has 1 saturated heterocycles. The Bertz CT molecular complexity index is 491. The van der Waals surface area contributed by atoms with Crippen molar-refractivity contribution in [3.63, 3.8) is 0 Å². The van der Waals surface area contributed by atoms with E-state index in [1.165, 1.54) is 12.7 Å². The van der Waals surface area contributed by atoms with E-state index in [4.69, 9.17) is 26.8 Å². The predicted molar refractivity (Wildman–Crippen MR) is 93.3 cm³/mol. The van der Waals surface area contributed by atoms with Crippen molar-refractivity contribution in [2.75, 3.05) is 33.5 Å². The lowest BCUT2D eigenvalue weighted by Crippen LogP contribution is -2.50. The van der Waals surface area contributed by atoms with Gasteiger partial charge in [-0.3, -0.25) is 4.79 Å². The van der Waals surface area contributed by atoms with Gasteiger partial charge in [0.25, 0.3) is 0 Å². The maximum atomic E-state index is 12.0. The van der Waals surface area contributed by atoms with Gasteiger partial charge in [-0.2, -0.15) is 0 Å². The summed E-state index contributed by atoms with van der Waals surface area (Å²) < 4.78 is 10.4. The molecule has 7 heteroatoms. The quantitative estimate of drug-likeness (QED) is 0.810. The van der Waals surface area contributed by atoms with Gasteiger partial charge < -0.3 is 20.5 Å². The molecule has 1 heterocycles. The standard InChI is InChI=1S/C16H23ClN2O3.ClH/c1-21-10-14(18)15(20)19-11-16(6-8-22-9-7-16)12-2-4-13(17)5-3-12;/h2-5,14H,6-11,18H2,1H3,(H,19,20);1H. The molecule has 1 aromatic rings. The first-order valence-corrected chi connectivity index (χ1v) is 7.81. The van der Waals surface area contributed by atoms with E-state index in [2.05, 4.69) is 5.32 Å². The average Bonchev–Trinajstić information content (AvgIpc) is 2.54. The van der Waals surface area contributed by atoms with Crippen molar-refractivity contribution in [3.05, 3.63) is 34.9 Å². The number of benzene rings is 1. The number of carbonyl (C=O) groups excluding carboxylic acids is 1. The molecule has 1 unspecified atom stereocenters. The molecule has 0 aromatic heterocycles. The molecular formula is C16H24Cl2N2O3. The molecular weight excluding hydrogens is 339 g/mol. The van der Waals surface area contributed by atoms with Crippen LogP contribution in [-0.2, 0) is 19.7 Å². The fourth-order valence-electron chi connectivity index (χ4n) is 2.78. The molecule has 3 N–H and O–H groups in total. The summed E-state index contributed by atoms with van der Waals surface area (Å²) in [6, 6.07) is 7.16. The highest BCUT2D eigenvalue weighted by atomic mass is 35.5. The second-order valence-electron chi connectivity index (χ2n) is 5.68. The SMILES string of the molecule is COCC(N)C(=O)NCC1(c2ccc(Cl)cc2)CCOCC1.Cl. The average molecular weight is 363 g/mol. The van der Waals surface area contributed by atoms with Crippen LogP contribution in [0.4, 0.5) is 0 Å². The Morgan fingerprint density at radius 1 is 1.39 bits per heavy atom. The Hall–Kier alpha value is -0.850. The van der Waals surface area contributed by atoms with Gasteiger partial charge in [-0.1, -0.05) is 23.7 Å². The summed E-state index contributed by atoms with van der Waals surface area (Å²) in [4.78, 5) is 12.0. The molecule has 1 aromatic carbocycles. The lowest BCUT2D eigenvalue weighted by Gasteiger charge is -2.38. The fraction of sp³-hybridized carbons (Fsp3) is 0.562. The van der Waals surface area contributed by atoms with Crippen molar-refractivity contribution < 1.29 is 14.3 Å². The van der Waals surface area contributed by atoms with Crippen LogP contribution in [0.1, 0.15) is 18.4 Å². The van der Waals surface area contributed by atoms with Gasteiger partial charge in [0, 0.05) is 37.3 Å². The third-order valence-electron chi connectivity index (χ3n) is 4.19. The van der Waals surface area contributed by atoms with Gasteiger partial charge in [-0.05, 0) is 30.5 Å². The number of methoxy groups -OCH3 is 1. The molecule has 0 saturated carbocycles. The summed E-state index contributed by atoms with van der Waals surface area (Å²) in [6.45, 7) is 2.11. The normalized spacial score (nSPS) is 17.9. The van der Waals surface area contributed by atoms with Crippen LogP contribution in [0, 0.1) is 0 Å². The summed E-state index contributed by atoms with van der Waals surface area (Å²) in [7, 11) is 1.53. The second kappa shape index (κ2) is 9.45. The van der Waals surface area contributed by atoms with Gasteiger partial charge in [0.15, 0.2) is 0 Å². The Morgan fingerprint density at radius 3 is 2.57 bits per heavy atom. The van der Waals surface area contributed by atoms with E-state index in [-0.39, 0.29) is 30.3 Å². The number of halogens is 2. The number of nitrogens with one attached hydrogen (secondary N) is 1. The van der Waals surface area contributed by atoms with Gasteiger partial charge >= 0.3 is 0 Å². The van der Waals surface area contributed by atoms with Crippen molar-refractivity contribution >= 4 is 29.9 Å². The number of amides is 1. The smallest absolute Gasteiger partial charge is 0.239 e. The second-order valence-corrected chi connectivity index (χ2v) is 6.12. The topological polar surface area (TPSA) is 73.6 Å². The minimum Gasteiger partial charge on any atom is -0.383 e. The first-order valence-electron chi connectivity index (χ1n) is 7.43. The van der Waals surface area contributed by atoms with Crippen LogP contribution in [0.2, 0.25) is 5.02 Å². The molecule has 0 bridgehead atoms. The van der Waals surface area contributed by atoms with E-state index in [0.717, 1.165) is 12.8 Å². The predicted octanol–water partition coefficient (Wildman–Crippen LogP) is 1.90. The van der Waals surface area contributed by atoms with Crippen LogP contribution in [0.25, 0.3) is 0 Å². The largest absolute Gasteiger partial charge is 0.383 e. The molecule has 0 radical (unpaired) electrons. The van der Waals surface area contributed by atoms with Crippen molar-refractivity contribution in [2.24, 2.45) is 5.73 Å². The zero-order valence-corrected chi connectivity index (χ0v) is 14.8. The van der Waals surface area contributed by atoms with Gasteiger partial charge in [-0.15, -0.1) is 12.4 Å². The van der Waals surface area contributed by atoms with Crippen LogP contribution in [0.5, 0.6) is 0 Å². The summed E-state index contributed by atoms with van der Waals surface area (Å²) in [6.07, 6.45) is 1.71. The molecule has 5 nitrogen and oxygen atoms in total. The summed E-state index contributed by atoms with van der Waals surface area (Å²) in [5.74, 6) is -0.193. The molecule has 1 fully saturated rings. The number of nitrogens with two attached hydrogens (primary N) is 1. The number of ether oxygens (including phenoxy) is 2. The highest BCUT2D eigenvalue weighted by molar-refractivity contribution is 6.30. The van der Waals surface area contributed by atoms with E-state index < -0.39 is 6.04 Å². The van der Waals surface area contributed by atoms with Crippen LogP contribution >= 0.6 is 24.0 Å². The lowest BCUT2D eigenvalue weighted by molar-refractivity contribution is -0.124. The minimum absolute atomic E-state index is 0. The molecule has 0 aliphatic carbocycles. The molecule has 1 aliphatic heterocycles. The Labute approximate surface area is 148 Å². The Balaban J connectivity index is 0.00000264. The third kappa shape index (κ3) is 5.33. The molecule has 2 rings (SSSR count). The molecule has 1 aliphatic rings. The number of carbonyl (C=O) groups is 1. The van der Waals surface area contributed by atoms with Gasteiger partial charge in [-0.25, -0.2) is 0 Å². The van der Waals surface area contributed by atoms with Crippen molar-refractivity contribution in [3.8, 4) is 0 Å². The van der Waals surface area contributed by atoms with E-state index in [9.17, 15) is 4.79 Å². The van der Waals surface area contributed by atoms with Gasteiger partial charge in [0.1, 0.15) is 6.04 Å². The number of rotatable bonds is 6. The molecule has 23 heavy (non-hydrogen) atoms. The third-order valence-corrected chi connectivity index (χ3v) is 4.44. The van der Waals surface area contributed by atoms with Crippen LogP contribution < -0.4 is 11.1 Å². The highest BCUT2D eigenvalue weighted by Gasteiger charge is 2.35. The van der Waals surface area contributed by atoms with E-state index >= 15 is 0 Å². The first-order chi connectivity index (χ1) is 10.6. The van der Waals surface area contributed by atoms with E-state index in [0.29, 0.717) is 24.8 Å². The first kappa shape index (κ1) is 20.2. The van der Waals surface area contributed by atoms with Gasteiger partial charge in [0.05, 0.1) is 6.61 Å². The zero-order valence-electron chi connectivity index (χ0n) is 13.2. The molecule has 0 spiro atoms. The maximum Gasteiger partial charge on any atom is 0.239 e. The van der Waals surface area contributed by atoms with E-state index in [1.54, 1.807) is 0 Å². The maximum absolute atomic E-state index is 12.0. The van der Waals surface area contributed by atoms with Crippen molar-refractivity contribution in [1.29, 1.82) is 0 Å². The minimum atomic E-state index is -0.646. The zero-order chi connectivity index (χ0) is 16.0. The summed E-state index contributed by atoms with van der Waals surface area (Å²) in [5, 5.41) is 3.66. The summed E-state index contributed by atoms with van der Waals surface area (Å²) >= 11 is 5.97. The van der Waals surface area contributed by atoms with E-state index in [1.807, 2.05) is 24.3 Å². The van der Waals surface area contributed by atoms with Crippen LogP contribution in [0.15, 0.2) is 24.3 Å². The van der Waals surface area contributed by atoms with Crippen LogP contribution in [0.3, 0.4) is 0 Å². The fourth-order valence-corrected chi connectivity index (χ4v) is 2.90. The lowest BCUT2D eigenvalue weighted by atomic mass is 9.74. The van der Waals surface area contributed by atoms with Gasteiger partial charge in [0.2, 0.25) is 5.91 Å². The monoisotopic (exact) mass is 362 g/mol. The van der Waals surface area contributed by atoms with Crippen molar-refractivity contribution in [1.82, 2.24) is 5.32 Å². The number of hydrogen-bond donors (Lipinski definition) is 2. The highest BCUT2D eigenvalue weighted by Crippen LogP contribution is 2.34.